The van der Waals surface area contributed by atoms with Crippen LogP contribution in [0.3, 0.4) is 0 Å². The minimum atomic E-state index is 0.685. The molecule has 1 atom stereocenters. The third-order valence-corrected chi connectivity index (χ3v) is 2.87. The normalized spacial score (nSPS) is 13.4. The van der Waals surface area contributed by atoms with Gasteiger partial charge in [0, 0.05) is 19.1 Å². The van der Waals surface area contributed by atoms with E-state index in [1.807, 2.05) is 0 Å². The molecule has 0 saturated carbocycles. The first-order valence-corrected chi connectivity index (χ1v) is 6.62. The van der Waals surface area contributed by atoms with Gasteiger partial charge in [-0.25, -0.2) is 0 Å². The summed E-state index contributed by atoms with van der Waals surface area (Å²) in [7, 11) is 2.22. The Bertz CT molecular complexity index is 112. The molecule has 0 aliphatic rings. The molecule has 0 bridgehead atoms. The summed E-state index contributed by atoms with van der Waals surface area (Å²) in [5.41, 5.74) is 0. The topological polar surface area (TPSA) is 15.3 Å². The van der Waals surface area contributed by atoms with Crippen LogP contribution in [0.1, 0.15) is 52.9 Å². The quantitative estimate of drug-likeness (QED) is 0.601. The smallest absolute Gasteiger partial charge is 0.0104 e. The van der Waals surface area contributed by atoms with Crippen molar-refractivity contribution < 1.29 is 0 Å². The Morgan fingerprint density at radius 2 is 1.73 bits per heavy atom. The van der Waals surface area contributed by atoms with Crippen molar-refractivity contribution in [3.8, 4) is 0 Å². The van der Waals surface area contributed by atoms with Gasteiger partial charge in [-0.1, -0.05) is 33.1 Å². The first kappa shape index (κ1) is 14.9. The number of nitrogens with one attached hydrogen (secondary N) is 1. The predicted molar refractivity (Wildman–Crippen MR) is 69.4 cm³/mol. The molecule has 0 aromatic carbocycles. The summed E-state index contributed by atoms with van der Waals surface area (Å²) in [4.78, 5) is 2.42. The summed E-state index contributed by atoms with van der Waals surface area (Å²) >= 11 is 0. The molecular weight excluding hydrogens is 184 g/mol. The molecule has 0 rings (SSSR count). The molecular formula is C13H30N2. The van der Waals surface area contributed by atoms with Gasteiger partial charge in [0.2, 0.25) is 0 Å². The molecule has 0 aliphatic carbocycles. The lowest BCUT2D eigenvalue weighted by Gasteiger charge is -2.19. The van der Waals surface area contributed by atoms with Gasteiger partial charge < -0.3 is 10.2 Å². The minimum absolute atomic E-state index is 0.685. The molecule has 15 heavy (non-hydrogen) atoms. The summed E-state index contributed by atoms with van der Waals surface area (Å²) in [6.45, 7) is 10.3. The highest BCUT2D eigenvalue weighted by Gasteiger charge is 2.01. The number of likely N-dealkylation sites (N-methyl/N-ethyl adjacent to an activating group) is 1. The van der Waals surface area contributed by atoms with Crippen molar-refractivity contribution in [2.75, 3.05) is 26.7 Å². The second-order valence-electron chi connectivity index (χ2n) is 4.65. The Kier molecular flexibility index (Phi) is 10.4. The van der Waals surface area contributed by atoms with Gasteiger partial charge in [0.25, 0.3) is 0 Å². The molecule has 0 radical (unpaired) electrons. The summed E-state index contributed by atoms with van der Waals surface area (Å²) in [6.07, 6.45) is 6.59. The van der Waals surface area contributed by atoms with Gasteiger partial charge >= 0.3 is 0 Å². The lowest BCUT2D eigenvalue weighted by Crippen LogP contribution is -2.34. The molecule has 0 spiro atoms. The maximum atomic E-state index is 3.58. The minimum Gasteiger partial charge on any atom is -0.313 e. The van der Waals surface area contributed by atoms with Gasteiger partial charge in [-0.05, 0) is 33.4 Å². The molecule has 0 aromatic rings. The highest BCUT2D eigenvalue weighted by molar-refractivity contribution is 4.62. The van der Waals surface area contributed by atoms with Crippen LogP contribution < -0.4 is 5.32 Å². The monoisotopic (exact) mass is 214 g/mol. The van der Waals surface area contributed by atoms with Gasteiger partial charge in [-0.2, -0.15) is 0 Å². The Morgan fingerprint density at radius 3 is 2.33 bits per heavy atom. The van der Waals surface area contributed by atoms with Gasteiger partial charge in [0.05, 0.1) is 0 Å². The Morgan fingerprint density at radius 1 is 1.07 bits per heavy atom. The van der Waals surface area contributed by atoms with Crippen LogP contribution in [0.2, 0.25) is 0 Å². The second-order valence-corrected chi connectivity index (χ2v) is 4.65. The first-order chi connectivity index (χ1) is 7.20. The average molecular weight is 214 g/mol. The molecule has 0 heterocycles. The summed E-state index contributed by atoms with van der Waals surface area (Å²) in [5, 5.41) is 3.58. The molecule has 0 aromatic heterocycles. The fraction of sp³-hybridized carbons (Fsp3) is 1.00. The number of rotatable bonds is 10. The molecule has 1 unspecified atom stereocenters. The first-order valence-electron chi connectivity index (χ1n) is 6.62. The zero-order valence-electron chi connectivity index (χ0n) is 11.2. The molecule has 1 N–H and O–H groups in total. The van der Waals surface area contributed by atoms with E-state index < -0.39 is 0 Å². The van der Waals surface area contributed by atoms with Crippen LogP contribution in [0.5, 0.6) is 0 Å². The fourth-order valence-electron chi connectivity index (χ4n) is 1.65. The van der Waals surface area contributed by atoms with Crippen LogP contribution >= 0.6 is 0 Å². The third-order valence-electron chi connectivity index (χ3n) is 2.87. The van der Waals surface area contributed by atoms with Crippen LogP contribution in [-0.4, -0.2) is 37.6 Å². The molecule has 2 nitrogen and oxygen atoms in total. The lowest BCUT2D eigenvalue weighted by atomic mass is 10.1. The average Bonchev–Trinajstić information content (AvgIpc) is 2.23. The van der Waals surface area contributed by atoms with Crippen molar-refractivity contribution in [1.29, 1.82) is 0 Å². The third kappa shape index (κ3) is 10.2. The summed E-state index contributed by atoms with van der Waals surface area (Å²) in [6, 6.07) is 0.685. The standard InChI is InChI=1S/C13H30N2/c1-5-7-9-13(3)14-10-12-15(4)11-8-6-2/h13-14H,5-12H2,1-4H3. The molecule has 0 amide bonds. The highest BCUT2D eigenvalue weighted by atomic mass is 15.1. The Labute approximate surface area is 96.4 Å². The van der Waals surface area contributed by atoms with E-state index in [1.165, 1.54) is 45.2 Å². The molecule has 2 heteroatoms. The van der Waals surface area contributed by atoms with Crippen molar-refractivity contribution in [2.24, 2.45) is 0 Å². The van der Waals surface area contributed by atoms with Crippen LogP contribution in [0, 0.1) is 0 Å². The van der Waals surface area contributed by atoms with Crippen molar-refractivity contribution in [3.05, 3.63) is 0 Å². The SMILES string of the molecule is CCCCC(C)NCCN(C)CCCC. The molecule has 0 saturated heterocycles. The maximum absolute atomic E-state index is 3.58. The zero-order valence-corrected chi connectivity index (χ0v) is 11.2. The van der Waals surface area contributed by atoms with Crippen LogP contribution in [0.15, 0.2) is 0 Å². The molecule has 0 fully saturated rings. The zero-order chi connectivity index (χ0) is 11.5. The highest BCUT2D eigenvalue weighted by Crippen LogP contribution is 1.99. The van der Waals surface area contributed by atoms with Crippen molar-refractivity contribution in [3.63, 3.8) is 0 Å². The molecule has 0 aliphatic heterocycles. The van der Waals surface area contributed by atoms with E-state index >= 15 is 0 Å². The predicted octanol–water partition coefficient (Wildman–Crippen LogP) is 2.89. The largest absolute Gasteiger partial charge is 0.313 e. The van der Waals surface area contributed by atoms with Gasteiger partial charge in [0.1, 0.15) is 0 Å². The Hall–Kier alpha value is -0.0800. The van der Waals surface area contributed by atoms with Crippen LogP contribution in [0.25, 0.3) is 0 Å². The van der Waals surface area contributed by atoms with E-state index in [1.54, 1.807) is 0 Å². The van der Waals surface area contributed by atoms with E-state index in [-0.39, 0.29) is 0 Å². The maximum Gasteiger partial charge on any atom is 0.0104 e. The summed E-state index contributed by atoms with van der Waals surface area (Å²) in [5.74, 6) is 0. The fourth-order valence-corrected chi connectivity index (χ4v) is 1.65. The number of hydrogen-bond acceptors (Lipinski definition) is 2. The van der Waals surface area contributed by atoms with E-state index in [2.05, 4.69) is 38.0 Å². The Balaban J connectivity index is 3.27. The number of hydrogen-bond donors (Lipinski definition) is 1. The second kappa shape index (κ2) is 10.4. The lowest BCUT2D eigenvalue weighted by molar-refractivity contribution is 0.317. The van der Waals surface area contributed by atoms with Crippen molar-refractivity contribution in [1.82, 2.24) is 10.2 Å². The van der Waals surface area contributed by atoms with Gasteiger partial charge in [-0.3, -0.25) is 0 Å². The van der Waals surface area contributed by atoms with Crippen molar-refractivity contribution in [2.45, 2.75) is 58.9 Å². The van der Waals surface area contributed by atoms with Gasteiger partial charge in [-0.15, -0.1) is 0 Å². The number of nitrogens with zero attached hydrogens (tertiary/aromatic N) is 1. The number of unbranched alkanes of at least 4 members (excludes halogenated alkanes) is 2. The summed E-state index contributed by atoms with van der Waals surface area (Å²) < 4.78 is 0. The van der Waals surface area contributed by atoms with E-state index in [0.29, 0.717) is 6.04 Å². The van der Waals surface area contributed by atoms with Crippen LogP contribution in [0.4, 0.5) is 0 Å². The van der Waals surface area contributed by atoms with E-state index in [0.717, 1.165) is 6.54 Å². The van der Waals surface area contributed by atoms with Crippen molar-refractivity contribution >= 4 is 0 Å². The van der Waals surface area contributed by atoms with Crippen LogP contribution in [-0.2, 0) is 0 Å². The molecule has 92 valence electrons. The van der Waals surface area contributed by atoms with E-state index in [4.69, 9.17) is 0 Å². The van der Waals surface area contributed by atoms with Gasteiger partial charge in [0.15, 0.2) is 0 Å². The van der Waals surface area contributed by atoms with E-state index in [9.17, 15) is 0 Å².